The van der Waals surface area contributed by atoms with E-state index >= 15 is 0 Å². The van der Waals surface area contributed by atoms with Crippen LogP contribution in [0.25, 0.3) is 0 Å². The maximum atomic E-state index is 12.8. The molecule has 0 heterocycles. The van der Waals surface area contributed by atoms with Crippen LogP contribution in [0, 0.1) is 0 Å². The minimum atomic E-state index is -4.34. The van der Waals surface area contributed by atoms with Crippen LogP contribution in [-0.2, 0) is 18.4 Å². The summed E-state index contributed by atoms with van der Waals surface area (Å²) in [6.45, 7) is 4.72. The van der Waals surface area contributed by atoms with Crippen molar-refractivity contribution < 1.29 is 32.9 Å². The number of likely N-dealkylation sites (N-methyl/N-ethyl adjacent to an activating group) is 1. The summed E-state index contributed by atoms with van der Waals surface area (Å²) >= 11 is 0. The van der Waals surface area contributed by atoms with Crippen LogP contribution >= 0.6 is 7.82 Å². The Bertz CT molecular complexity index is 959. The first-order valence-electron chi connectivity index (χ1n) is 20.0. The van der Waals surface area contributed by atoms with Crippen LogP contribution in [0.2, 0.25) is 0 Å². The van der Waals surface area contributed by atoms with Gasteiger partial charge in [0.1, 0.15) is 13.2 Å². The third-order valence-corrected chi connectivity index (χ3v) is 9.51. The third kappa shape index (κ3) is 34.9. The Kier molecular flexibility index (Phi) is 32.3. The van der Waals surface area contributed by atoms with E-state index in [2.05, 4.69) is 55.6 Å². The summed E-state index contributed by atoms with van der Waals surface area (Å²) in [5, 5.41) is 13.7. The zero-order valence-corrected chi connectivity index (χ0v) is 33.8. The zero-order chi connectivity index (χ0) is 37.2. The average Bonchev–Trinajstić information content (AvgIpc) is 3.06. The fourth-order valence-corrected chi connectivity index (χ4v) is 6.00. The van der Waals surface area contributed by atoms with Crippen molar-refractivity contribution in [2.75, 3.05) is 40.9 Å². The smallest absolute Gasteiger partial charge is 0.387 e. The normalized spacial score (nSPS) is 15.1. The van der Waals surface area contributed by atoms with Gasteiger partial charge in [0, 0.05) is 6.42 Å². The number of carbonyl (C=O) groups is 1. The summed E-state index contributed by atoms with van der Waals surface area (Å²) in [5.41, 5.74) is 0. The van der Waals surface area contributed by atoms with Crippen molar-refractivity contribution in [2.24, 2.45) is 0 Å². The molecule has 0 aliphatic carbocycles. The number of aliphatic hydroxyl groups is 1. The summed E-state index contributed by atoms with van der Waals surface area (Å²) in [6, 6.07) is -0.868. The summed E-state index contributed by atoms with van der Waals surface area (Å²) in [6.07, 6.45) is 40.3. The number of hydrogen-bond donors (Lipinski definition) is 3. The Hall–Kier alpha value is -1.54. The van der Waals surface area contributed by atoms with Crippen LogP contribution in [0.15, 0.2) is 48.6 Å². The van der Waals surface area contributed by atoms with Crippen molar-refractivity contribution in [3.05, 3.63) is 48.6 Å². The maximum Gasteiger partial charge on any atom is 0.472 e. The Morgan fingerprint density at radius 3 is 1.74 bits per heavy atom. The van der Waals surface area contributed by atoms with Gasteiger partial charge in [-0.2, -0.15) is 0 Å². The molecule has 3 atom stereocenters. The molecule has 0 fully saturated rings. The number of amides is 1. The van der Waals surface area contributed by atoms with E-state index in [1.165, 1.54) is 70.6 Å². The molecular weight excluding hydrogens is 647 g/mol. The van der Waals surface area contributed by atoms with Crippen LogP contribution in [0.1, 0.15) is 155 Å². The second-order valence-electron chi connectivity index (χ2n) is 14.6. The quantitative estimate of drug-likeness (QED) is 0.0260. The van der Waals surface area contributed by atoms with Crippen molar-refractivity contribution in [2.45, 2.75) is 167 Å². The second-order valence-corrected chi connectivity index (χ2v) is 16.1. The molecule has 0 saturated heterocycles. The zero-order valence-electron chi connectivity index (χ0n) is 32.9. The van der Waals surface area contributed by atoms with Crippen LogP contribution < -0.4 is 5.32 Å². The average molecular weight is 726 g/mol. The minimum absolute atomic E-state index is 0.0516. The Morgan fingerprint density at radius 1 is 0.680 bits per heavy atom. The standard InChI is InChI=1S/C41H77N2O6P/c1-6-8-10-12-14-16-18-20-21-22-23-25-27-29-31-33-35-41(45)42-39(38-49-50(46,47)48-37-36-43(3,4)5)40(44)34-32-30-28-26-24-19-17-15-13-11-9-7-2/h16,18,21-22,24,26,32,34,39-40,44H,6-15,17,19-20,23,25,27-31,33,35-38H2,1-5H3,(H-,42,45,46,47)/p+1/b18-16-,22-21-,26-24+,34-32+. The number of phosphoric acid groups is 1. The van der Waals surface area contributed by atoms with E-state index in [9.17, 15) is 19.4 Å². The number of aliphatic hydroxyl groups excluding tert-OH is 1. The molecule has 1 amide bonds. The van der Waals surface area contributed by atoms with Crippen LogP contribution in [0.3, 0.4) is 0 Å². The van der Waals surface area contributed by atoms with Gasteiger partial charge in [0.05, 0.1) is 39.9 Å². The van der Waals surface area contributed by atoms with E-state index in [1.54, 1.807) is 6.08 Å². The number of carbonyl (C=O) groups excluding carboxylic acids is 1. The van der Waals surface area contributed by atoms with E-state index in [1.807, 2.05) is 27.2 Å². The van der Waals surface area contributed by atoms with Crippen molar-refractivity contribution in [1.82, 2.24) is 5.32 Å². The van der Waals surface area contributed by atoms with Gasteiger partial charge >= 0.3 is 7.82 Å². The van der Waals surface area contributed by atoms with Gasteiger partial charge in [-0.1, -0.05) is 133 Å². The monoisotopic (exact) mass is 726 g/mol. The van der Waals surface area contributed by atoms with Crippen LogP contribution in [-0.4, -0.2) is 73.4 Å². The Balaban J connectivity index is 4.57. The number of phosphoric ester groups is 1. The van der Waals surface area contributed by atoms with Gasteiger partial charge in [-0.05, 0) is 64.2 Å². The molecule has 0 spiro atoms. The molecule has 292 valence electrons. The van der Waals surface area contributed by atoms with Gasteiger partial charge in [-0.15, -0.1) is 0 Å². The molecule has 0 aliphatic heterocycles. The van der Waals surface area contributed by atoms with Gasteiger partial charge in [0.25, 0.3) is 0 Å². The maximum absolute atomic E-state index is 12.8. The molecule has 0 radical (unpaired) electrons. The van der Waals surface area contributed by atoms with Gasteiger partial charge in [-0.25, -0.2) is 4.57 Å². The first kappa shape index (κ1) is 48.5. The fourth-order valence-electron chi connectivity index (χ4n) is 5.26. The van der Waals surface area contributed by atoms with E-state index in [4.69, 9.17) is 9.05 Å². The molecular formula is C41H78N2O6P+. The molecule has 0 aromatic heterocycles. The molecule has 8 nitrogen and oxygen atoms in total. The highest BCUT2D eigenvalue weighted by Gasteiger charge is 2.27. The predicted molar refractivity (Wildman–Crippen MR) is 212 cm³/mol. The number of nitrogens with zero attached hydrogens (tertiary/aromatic N) is 1. The molecule has 0 aromatic carbocycles. The highest BCUT2D eigenvalue weighted by atomic mass is 31.2. The Labute approximate surface area is 308 Å². The SMILES string of the molecule is CCCCCC/C=C\C/C=C\CCCCCCCC(=O)NC(COP(=O)(O)OCC[N+](C)(C)C)C(O)/C=C/CC/C=C/CCCCCCCC. The molecule has 0 rings (SSSR count). The predicted octanol–water partition coefficient (Wildman–Crippen LogP) is 10.5. The van der Waals surface area contributed by atoms with Crippen molar-refractivity contribution in [3.63, 3.8) is 0 Å². The topological polar surface area (TPSA) is 105 Å². The minimum Gasteiger partial charge on any atom is -0.387 e. The first-order valence-corrected chi connectivity index (χ1v) is 21.5. The van der Waals surface area contributed by atoms with E-state index < -0.39 is 20.0 Å². The Morgan fingerprint density at radius 2 is 1.16 bits per heavy atom. The molecule has 3 unspecified atom stereocenters. The molecule has 9 heteroatoms. The van der Waals surface area contributed by atoms with Crippen molar-refractivity contribution in [1.29, 1.82) is 0 Å². The van der Waals surface area contributed by atoms with Gasteiger partial charge in [-0.3, -0.25) is 13.8 Å². The lowest BCUT2D eigenvalue weighted by Crippen LogP contribution is -2.45. The van der Waals surface area contributed by atoms with E-state index in [-0.39, 0.29) is 19.1 Å². The van der Waals surface area contributed by atoms with Crippen molar-refractivity contribution in [3.8, 4) is 0 Å². The molecule has 50 heavy (non-hydrogen) atoms. The first-order chi connectivity index (χ1) is 24.0. The lowest BCUT2D eigenvalue weighted by atomic mass is 10.1. The second kappa shape index (κ2) is 33.3. The highest BCUT2D eigenvalue weighted by molar-refractivity contribution is 7.47. The number of nitrogens with one attached hydrogen (secondary N) is 1. The van der Waals surface area contributed by atoms with E-state index in [0.717, 1.165) is 64.2 Å². The van der Waals surface area contributed by atoms with Crippen LogP contribution in [0.4, 0.5) is 0 Å². The summed E-state index contributed by atoms with van der Waals surface area (Å²) in [4.78, 5) is 23.0. The van der Waals surface area contributed by atoms with E-state index in [0.29, 0.717) is 17.4 Å². The van der Waals surface area contributed by atoms with Crippen molar-refractivity contribution >= 4 is 13.7 Å². The van der Waals surface area contributed by atoms with Gasteiger partial charge < -0.3 is 19.8 Å². The highest BCUT2D eigenvalue weighted by Crippen LogP contribution is 2.43. The molecule has 3 N–H and O–H groups in total. The molecule has 0 aromatic rings. The summed E-state index contributed by atoms with van der Waals surface area (Å²) < 4.78 is 23.4. The summed E-state index contributed by atoms with van der Waals surface area (Å²) in [5.74, 6) is -0.205. The van der Waals surface area contributed by atoms with Crippen LogP contribution in [0.5, 0.6) is 0 Å². The number of unbranched alkanes of at least 4 members (excludes halogenated alkanes) is 16. The number of allylic oxidation sites excluding steroid dienone is 7. The lowest BCUT2D eigenvalue weighted by molar-refractivity contribution is -0.870. The fraction of sp³-hybridized carbons (Fsp3) is 0.780. The summed E-state index contributed by atoms with van der Waals surface area (Å²) in [7, 11) is 1.54. The number of hydrogen-bond acceptors (Lipinski definition) is 5. The molecule has 0 bridgehead atoms. The molecule has 0 saturated carbocycles. The largest absolute Gasteiger partial charge is 0.472 e. The number of rotatable bonds is 35. The van der Waals surface area contributed by atoms with Gasteiger partial charge in [0.2, 0.25) is 5.91 Å². The number of quaternary nitrogens is 1. The van der Waals surface area contributed by atoms with Gasteiger partial charge in [0.15, 0.2) is 0 Å². The lowest BCUT2D eigenvalue weighted by Gasteiger charge is -2.25. The third-order valence-electron chi connectivity index (χ3n) is 8.52. The molecule has 0 aliphatic rings.